The molecule has 0 radical (unpaired) electrons. The molecule has 1 heterocycles. The minimum atomic E-state index is -4.37. The minimum Gasteiger partial charge on any atom is -0.460 e. The molecule has 7 heteroatoms. The van der Waals surface area contributed by atoms with Crippen molar-refractivity contribution in [3.8, 4) is 0 Å². The van der Waals surface area contributed by atoms with E-state index < -0.39 is 21.8 Å². The Morgan fingerprint density at radius 1 is 1.32 bits per heavy atom. The van der Waals surface area contributed by atoms with E-state index >= 15 is 0 Å². The van der Waals surface area contributed by atoms with Gasteiger partial charge in [0.1, 0.15) is 12.7 Å². The number of epoxide rings is 1. The van der Waals surface area contributed by atoms with Gasteiger partial charge in [-0.1, -0.05) is 24.3 Å². The summed E-state index contributed by atoms with van der Waals surface area (Å²) in [6.45, 7) is 0.606. The molecule has 1 saturated heterocycles. The van der Waals surface area contributed by atoms with Crippen molar-refractivity contribution in [2.45, 2.75) is 12.7 Å². The lowest BCUT2D eigenvalue weighted by molar-refractivity contribution is -0.141. The number of esters is 1. The molecule has 2 aromatic rings. The predicted octanol–water partition coefficient (Wildman–Crippen LogP) is 1.84. The van der Waals surface area contributed by atoms with Crippen LogP contribution in [0.5, 0.6) is 0 Å². The highest BCUT2D eigenvalue weighted by Gasteiger charge is 2.27. The van der Waals surface area contributed by atoms with Gasteiger partial charge in [0, 0.05) is 0 Å². The van der Waals surface area contributed by atoms with Crippen molar-refractivity contribution in [2.24, 2.45) is 0 Å². The first-order chi connectivity index (χ1) is 10.4. The fourth-order valence-electron chi connectivity index (χ4n) is 2.34. The van der Waals surface area contributed by atoms with Crippen LogP contribution >= 0.6 is 0 Å². The van der Waals surface area contributed by atoms with Crippen LogP contribution in [0, 0.1) is 0 Å². The van der Waals surface area contributed by atoms with Crippen molar-refractivity contribution in [1.29, 1.82) is 0 Å². The summed E-state index contributed by atoms with van der Waals surface area (Å²) in [7, 11) is -4.37. The Morgan fingerprint density at radius 2 is 2.05 bits per heavy atom. The summed E-state index contributed by atoms with van der Waals surface area (Å²) in [5.74, 6) is -2.03. The molecule has 1 N–H and O–H groups in total. The Hall–Kier alpha value is -1.96. The van der Waals surface area contributed by atoms with E-state index in [0.29, 0.717) is 6.61 Å². The average Bonchev–Trinajstić information content (AvgIpc) is 3.27. The smallest absolute Gasteiger partial charge is 0.323 e. The third-order valence-corrected chi connectivity index (χ3v) is 3.93. The summed E-state index contributed by atoms with van der Waals surface area (Å²) in [4.78, 5) is 11.3. The molecule has 6 nitrogen and oxygen atoms in total. The summed E-state index contributed by atoms with van der Waals surface area (Å²) >= 11 is 0. The van der Waals surface area contributed by atoms with Gasteiger partial charge in [0.25, 0.3) is 10.1 Å². The molecule has 22 heavy (non-hydrogen) atoms. The molecule has 0 amide bonds. The monoisotopic (exact) mass is 322 g/mol. The first-order valence-electron chi connectivity index (χ1n) is 6.66. The number of ether oxygens (including phenoxy) is 2. The lowest BCUT2D eigenvalue weighted by Gasteiger charge is -2.09. The molecule has 0 bridgehead atoms. The average molecular weight is 322 g/mol. The van der Waals surface area contributed by atoms with Crippen LogP contribution in [0.2, 0.25) is 0 Å². The Balaban J connectivity index is 1.81. The molecule has 1 unspecified atom stereocenters. The van der Waals surface area contributed by atoms with Gasteiger partial charge in [-0.05, 0) is 34.0 Å². The first-order valence-corrected chi connectivity index (χ1v) is 8.27. The number of carbonyl (C=O) groups excluding carboxylic acids is 1. The zero-order valence-electron chi connectivity index (χ0n) is 11.6. The maximum Gasteiger partial charge on any atom is 0.323 e. The van der Waals surface area contributed by atoms with Crippen molar-refractivity contribution >= 4 is 26.9 Å². The van der Waals surface area contributed by atoms with Gasteiger partial charge in [-0.3, -0.25) is 9.35 Å². The summed E-state index contributed by atoms with van der Waals surface area (Å²) in [6.07, 6.45) is 0.0540. The van der Waals surface area contributed by atoms with Crippen LogP contribution in [0.25, 0.3) is 10.8 Å². The fourth-order valence-corrected chi connectivity index (χ4v) is 2.72. The third kappa shape index (κ3) is 3.62. The number of hydrogen-bond donors (Lipinski definition) is 1. The molecule has 1 aliphatic rings. The van der Waals surface area contributed by atoms with E-state index in [-0.39, 0.29) is 12.7 Å². The Kier molecular flexibility index (Phi) is 3.86. The predicted molar refractivity (Wildman–Crippen MR) is 78.9 cm³/mol. The van der Waals surface area contributed by atoms with Gasteiger partial charge in [-0.25, -0.2) is 0 Å². The van der Waals surface area contributed by atoms with Crippen molar-refractivity contribution < 1.29 is 27.2 Å². The largest absolute Gasteiger partial charge is 0.460 e. The van der Waals surface area contributed by atoms with Crippen LogP contribution in [0.3, 0.4) is 0 Å². The summed E-state index contributed by atoms with van der Waals surface area (Å²) in [5.41, 5.74) is 1.77. The molecular weight excluding hydrogens is 308 g/mol. The van der Waals surface area contributed by atoms with E-state index in [0.717, 1.165) is 21.9 Å². The number of carbonyl (C=O) groups is 1. The second-order valence-electron chi connectivity index (χ2n) is 5.12. The van der Waals surface area contributed by atoms with Gasteiger partial charge in [0.05, 0.1) is 6.61 Å². The maximum absolute atomic E-state index is 11.3. The van der Waals surface area contributed by atoms with Crippen LogP contribution < -0.4 is 0 Å². The molecule has 1 aliphatic heterocycles. The maximum atomic E-state index is 11.3. The fraction of sp³-hybridized carbons (Fsp3) is 0.267. The van der Waals surface area contributed by atoms with Crippen molar-refractivity contribution in [3.63, 3.8) is 0 Å². The van der Waals surface area contributed by atoms with E-state index in [4.69, 9.17) is 14.0 Å². The van der Waals surface area contributed by atoms with E-state index in [1.54, 1.807) is 0 Å². The topological polar surface area (TPSA) is 93.2 Å². The van der Waals surface area contributed by atoms with Crippen molar-refractivity contribution in [3.05, 3.63) is 47.5 Å². The van der Waals surface area contributed by atoms with E-state index in [1.807, 2.05) is 36.4 Å². The van der Waals surface area contributed by atoms with Crippen molar-refractivity contribution in [1.82, 2.24) is 0 Å². The van der Waals surface area contributed by atoms with Gasteiger partial charge in [0.2, 0.25) is 0 Å². The molecule has 2 aromatic carbocycles. The SMILES string of the molecule is O=C(CS(=O)(=O)O)OCc1cc(C2CO2)c2ccccc2c1. The lowest BCUT2D eigenvalue weighted by atomic mass is 9.99. The number of fused-ring (bicyclic) bond motifs is 1. The standard InChI is InChI=1S/C15H14O6S/c16-15(9-22(17,18)19)21-7-10-5-11-3-1-2-4-12(11)13(6-10)14-8-20-14/h1-6,14H,7-9H2,(H,17,18,19). The Morgan fingerprint density at radius 3 is 2.73 bits per heavy atom. The van der Waals surface area contributed by atoms with E-state index in [1.165, 1.54) is 0 Å². The zero-order valence-corrected chi connectivity index (χ0v) is 12.4. The number of rotatable bonds is 5. The normalized spacial score (nSPS) is 17.4. The van der Waals surface area contributed by atoms with Crippen LogP contribution in [0.1, 0.15) is 17.2 Å². The van der Waals surface area contributed by atoms with Gasteiger partial charge < -0.3 is 9.47 Å². The van der Waals surface area contributed by atoms with Crippen LogP contribution in [-0.2, 0) is 31.0 Å². The zero-order chi connectivity index (χ0) is 15.7. The second kappa shape index (κ2) is 5.68. The molecule has 0 aromatic heterocycles. The van der Waals surface area contributed by atoms with Gasteiger partial charge in [-0.2, -0.15) is 8.42 Å². The minimum absolute atomic E-state index is 0.0540. The van der Waals surface area contributed by atoms with Crippen LogP contribution in [0.15, 0.2) is 36.4 Å². The lowest BCUT2D eigenvalue weighted by Crippen LogP contribution is -2.17. The second-order valence-corrected chi connectivity index (χ2v) is 6.57. The van der Waals surface area contributed by atoms with E-state index in [2.05, 4.69) is 0 Å². The molecule has 3 rings (SSSR count). The van der Waals surface area contributed by atoms with Gasteiger partial charge >= 0.3 is 5.97 Å². The molecule has 0 aliphatic carbocycles. The van der Waals surface area contributed by atoms with Crippen LogP contribution in [0.4, 0.5) is 0 Å². The molecular formula is C15H14O6S. The molecule has 0 spiro atoms. The van der Waals surface area contributed by atoms with Crippen molar-refractivity contribution in [2.75, 3.05) is 12.4 Å². The molecule has 116 valence electrons. The quantitative estimate of drug-likeness (QED) is 0.513. The Bertz CT molecular complexity index is 823. The summed E-state index contributed by atoms with van der Waals surface area (Å²) < 4.78 is 40.1. The van der Waals surface area contributed by atoms with E-state index in [9.17, 15) is 13.2 Å². The van der Waals surface area contributed by atoms with Gasteiger partial charge in [-0.15, -0.1) is 0 Å². The first kappa shape index (κ1) is 15.0. The Labute approximate surface area is 127 Å². The molecule has 0 saturated carbocycles. The highest BCUT2D eigenvalue weighted by molar-refractivity contribution is 7.86. The third-order valence-electron chi connectivity index (χ3n) is 3.33. The highest BCUT2D eigenvalue weighted by atomic mass is 32.2. The number of benzene rings is 2. The molecule has 1 atom stereocenters. The highest BCUT2D eigenvalue weighted by Crippen LogP contribution is 2.35. The molecule has 1 fully saturated rings. The van der Waals surface area contributed by atoms with Gasteiger partial charge in [0.15, 0.2) is 5.75 Å². The summed E-state index contributed by atoms with van der Waals surface area (Å²) in [6, 6.07) is 11.6. The van der Waals surface area contributed by atoms with Crippen LogP contribution in [-0.4, -0.2) is 31.3 Å². The summed E-state index contributed by atoms with van der Waals surface area (Å²) in [5, 5.41) is 2.08. The number of hydrogen-bond acceptors (Lipinski definition) is 5.